The molecule has 0 saturated carbocycles. The van der Waals surface area contributed by atoms with Crippen molar-refractivity contribution in [1.29, 1.82) is 0 Å². The first-order chi connectivity index (χ1) is 6.42. The lowest BCUT2D eigenvalue weighted by Crippen LogP contribution is -2.29. The van der Waals surface area contributed by atoms with Gasteiger partial charge in [0, 0.05) is 6.54 Å². The number of benzene rings is 1. The maximum Gasteiger partial charge on any atom is 0.242 e. The van der Waals surface area contributed by atoms with E-state index in [0.29, 0.717) is 11.6 Å². The largest absolute Gasteiger partial charge is 0.543 e. The Morgan fingerprint density at radius 1 is 1.36 bits per heavy atom. The molecule has 2 N–H and O–H groups in total. The summed E-state index contributed by atoms with van der Waals surface area (Å²) in [6.07, 6.45) is 0. The average molecular weight is 230 g/mol. The van der Waals surface area contributed by atoms with Gasteiger partial charge in [0.2, 0.25) is 8.32 Å². The normalized spacial score (nSPS) is 11.5. The van der Waals surface area contributed by atoms with Crippen LogP contribution in [-0.2, 0) is 6.54 Å². The van der Waals surface area contributed by atoms with E-state index in [4.69, 9.17) is 21.8 Å². The number of halogens is 1. The highest BCUT2D eigenvalue weighted by atomic mass is 35.5. The molecule has 1 aromatic rings. The van der Waals surface area contributed by atoms with Crippen LogP contribution in [0.2, 0.25) is 24.7 Å². The molecule has 2 nitrogen and oxygen atoms in total. The minimum Gasteiger partial charge on any atom is -0.543 e. The van der Waals surface area contributed by atoms with Crippen LogP contribution in [0.5, 0.6) is 5.75 Å². The molecule has 0 aliphatic carbocycles. The molecule has 14 heavy (non-hydrogen) atoms. The van der Waals surface area contributed by atoms with E-state index in [1.165, 1.54) is 0 Å². The Morgan fingerprint density at radius 3 is 2.43 bits per heavy atom. The number of nitrogens with two attached hydrogens (primary N) is 1. The van der Waals surface area contributed by atoms with E-state index < -0.39 is 8.32 Å². The van der Waals surface area contributed by atoms with Crippen molar-refractivity contribution in [2.24, 2.45) is 5.73 Å². The molecule has 0 radical (unpaired) electrons. The molecule has 78 valence electrons. The van der Waals surface area contributed by atoms with Crippen LogP contribution in [0.3, 0.4) is 0 Å². The van der Waals surface area contributed by atoms with Crippen LogP contribution in [0.15, 0.2) is 18.2 Å². The van der Waals surface area contributed by atoms with Crippen LogP contribution in [0.25, 0.3) is 0 Å². The van der Waals surface area contributed by atoms with E-state index in [1.54, 1.807) is 0 Å². The predicted octanol–water partition coefficient (Wildman–Crippen LogP) is 3.01. The summed E-state index contributed by atoms with van der Waals surface area (Å²) in [5.74, 6) is 0.767. The van der Waals surface area contributed by atoms with Gasteiger partial charge in [0.25, 0.3) is 0 Å². The molecule has 0 saturated heterocycles. The van der Waals surface area contributed by atoms with Crippen molar-refractivity contribution in [1.82, 2.24) is 0 Å². The predicted molar refractivity (Wildman–Crippen MR) is 63.3 cm³/mol. The first-order valence-corrected chi connectivity index (χ1v) is 8.38. The Kier molecular flexibility index (Phi) is 3.58. The second kappa shape index (κ2) is 4.34. The molecule has 0 heterocycles. The summed E-state index contributed by atoms with van der Waals surface area (Å²) in [4.78, 5) is 0. The van der Waals surface area contributed by atoms with Gasteiger partial charge in [-0.1, -0.05) is 17.7 Å². The molecule has 0 unspecified atom stereocenters. The fraction of sp³-hybridized carbons (Fsp3) is 0.400. The SMILES string of the molecule is C[Si](C)(C)Oc1ccc(CN)cc1Cl. The second-order valence-electron chi connectivity index (χ2n) is 4.18. The number of hydrogen-bond donors (Lipinski definition) is 1. The van der Waals surface area contributed by atoms with Gasteiger partial charge >= 0.3 is 0 Å². The molecule has 0 amide bonds. The van der Waals surface area contributed by atoms with Gasteiger partial charge in [0.05, 0.1) is 5.02 Å². The molecule has 0 aliphatic heterocycles. The Bertz CT molecular complexity index is 322. The lowest BCUT2D eigenvalue weighted by Gasteiger charge is -2.20. The van der Waals surface area contributed by atoms with Gasteiger partial charge in [-0.05, 0) is 37.3 Å². The number of hydrogen-bond acceptors (Lipinski definition) is 2. The number of rotatable bonds is 3. The summed E-state index contributed by atoms with van der Waals surface area (Å²) >= 11 is 6.06. The standard InChI is InChI=1S/C10H16ClNOSi/c1-14(2,3)13-10-5-4-8(7-12)6-9(10)11/h4-6H,7,12H2,1-3H3. The Morgan fingerprint density at radius 2 is 2.00 bits per heavy atom. The smallest absolute Gasteiger partial charge is 0.242 e. The molecule has 0 bridgehead atoms. The zero-order chi connectivity index (χ0) is 10.8. The molecule has 0 aromatic heterocycles. The topological polar surface area (TPSA) is 35.2 Å². The highest BCUT2D eigenvalue weighted by molar-refractivity contribution is 6.70. The van der Waals surface area contributed by atoms with E-state index in [-0.39, 0.29) is 0 Å². The maximum atomic E-state index is 6.06. The summed E-state index contributed by atoms with van der Waals surface area (Å²) in [5.41, 5.74) is 6.53. The third-order valence-corrected chi connectivity index (χ3v) is 2.78. The van der Waals surface area contributed by atoms with Crippen molar-refractivity contribution in [3.63, 3.8) is 0 Å². The van der Waals surface area contributed by atoms with E-state index in [1.807, 2.05) is 18.2 Å². The summed E-state index contributed by atoms with van der Waals surface area (Å²) in [5, 5.41) is 0.648. The monoisotopic (exact) mass is 229 g/mol. The van der Waals surface area contributed by atoms with Crippen LogP contribution in [0.1, 0.15) is 5.56 Å². The highest BCUT2D eigenvalue weighted by Gasteiger charge is 2.17. The van der Waals surface area contributed by atoms with Gasteiger partial charge in [0.15, 0.2) is 0 Å². The summed E-state index contributed by atoms with van der Waals surface area (Å²) < 4.78 is 5.80. The molecule has 0 spiro atoms. The second-order valence-corrected chi connectivity index (χ2v) is 9.02. The molecule has 1 aromatic carbocycles. The maximum absolute atomic E-state index is 6.06. The average Bonchev–Trinajstić information content (AvgIpc) is 2.06. The van der Waals surface area contributed by atoms with Gasteiger partial charge in [0.1, 0.15) is 5.75 Å². The van der Waals surface area contributed by atoms with Crippen LogP contribution in [-0.4, -0.2) is 8.32 Å². The summed E-state index contributed by atoms with van der Waals surface area (Å²) in [6.45, 7) is 6.88. The van der Waals surface area contributed by atoms with Gasteiger partial charge in [-0.15, -0.1) is 0 Å². The Labute approximate surface area is 91.2 Å². The van der Waals surface area contributed by atoms with Crippen LogP contribution in [0, 0.1) is 0 Å². The minimum absolute atomic E-state index is 0.507. The quantitative estimate of drug-likeness (QED) is 0.809. The molecule has 0 fully saturated rings. The third-order valence-electron chi connectivity index (χ3n) is 1.65. The van der Waals surface area contributed by atoms with E-state index in [2.05, 4.69) is 19.6 Å². The fourth-order valence-electron chi connectivity index (χ4n) is 1.08. The summed E-state index contributed by atoms with van der Waals surface area (Å²) in [7, 11) is -1.57. The van der Waals surface area contributed by atoms with Gasteiger partial charge in [-0.25, -0.2) is 0 Å². The molecule has 4 heteroatoms. The Hall–Kier alpha value is -0.513. The zero-order valence-electron chi connectivity index (χ0n) is 8.80. The first kappa shape index (κ1) is 11.6. The van der Waals surface area contributed by atoms with Crippen molar-refractivity contribution in [2.45, 2.75) is 26.2 Å². The molecular weight excluding hydrogens is 214 g/mol. The molecule has 1 rings (SSSR count). The fourth-order valence-corrected chi connectivity index (χ4v) is 2.23. The molecule has 0 aliphatic rings. The minimum atomic E-state index is -1.57. The van der Waals surface area contributed by atoms with Gasteiger partial charge in [-0.2, -0.15) is 0 Å². The lowest BCUT2D eigenvalue weighted by atomic mass is 10.2. The van der Waals surface area contributed by atoms with E-state index in [0.717, 1.165) is 11.3 Å². The molecule has 0 atom stereocenters. The van der Waals surface area contributed by atoms with Gasteiger partial charge in [-0.3, -0.25) is 0 Å². The van der Waals surface area contributed by atoms with Crippen LogP contribution < -0.4 is 10.2 Å². The van der Waals surface area contributed by atoms with Crippen molar-refractivity contribution < 1.29 is 4.43 Å². The summed E-state index contributed by atoms with van der Waals surface area (Å²) in [6, 6.07) is 5.70. The zero-order valence-corrected chi connectivity index (χ0v) is 10.6. The van der Waals surface area contributed by atoms with Crippen molar-refractivity contribution in [3.8, 4) is 5.75 Å². The van der Waals surface area contributed by atoms with E-state index in [9.17, 15) is 0 Å². The molecular formula is C10H16ClNOSi. The van der Waals surface area contributed by atoms with Crippen LogP contribution >= 0.6 is 11.6 Å². The van der Waals surface area contributed by atoms with Crippen LogP contribution in [0.4, 0.5) is 0 Å². The van der Waals surface area contributed by atoms with Crippen molar-refractivity contribution in [3.05, 3.63) is 28.8 Å². The Balaban J connectivity index is 2.89. The lowest BCUT2D eigenvalue weighted by molar-refractivity contribution is 0.557. The van der Waals surface area contributed by atoms with E-state index >= 15 is 0 Å². The van der Waals surface area contributed by atoms with Crippen molar-refractivity contribution >= 4 is 19.9 Å². The van der Waals surface area contributed by atoms with Gasteiger partial charge < -0.3 is 10.2 Å². The third kappa shape index (κ3) is 3.33. The highest BCUT2D eigenvalue weighted by Crippen LogP contribution is 2.27. The van der Waals surface area contributed by atoms with Crippen molar-refractivity contribution in [2.75, 3.05) is 0 Å². The first-order valence-electron chi connectivity index (χ1n) is 4.60.